The van der Waals surface area contributed by atoms with Gasteiger partial charge in [0.2, 0.25) is 5.91 Å². The molecule has 6 aliphatic rings. The number of carbonyl (C=O) groups excluding carboxylic acids is 1. The van der Waals surface area contributed by atoms with Gasteiger partial charge in [-0.1, -0.05) is 0 Å². The molecule has 2 atom stereocenters. The summed E-state index contributed by atoms with van der Waals surface area (Å²) < 4.78 is 0. The summed E-state index contributed by atoms with van der Waals surface area (Å²) in [6, 6.07) is 0.512. The largest absolute Gasteiger partial charge is 0.353 e. The zero-order chi connectivity index (χ0) is 13.3. The smallest absolute Gasteiger partial charge is 0.220 e. The number of hydrogen-bond acceptors (Lipinski definition) is 2. The number of nitrogens with one attached hydrogen (secondary N) is 2. The predicted molar refractivity (Wildman–Crippen MR) is 77.0 cm³/mol. The number of hydrogen-bond donors (Lipinski definition) is 2. The van der Waals surface area contributed by atoms with Crippen LogP contribution in [-0.4, -0.2) is 25.0 Å². The molecule has 110 valence electrons. The molecule has 5 saturated carbocycles. The van der Waals surface area contributed by atoms with Crippen LogP contribution in [0.3, 0.4) is 0 Å². The lowest BCUT2D eigenvalue weighted by Crippen LogP contribution is -2.48. The summed E-state index contributed by atoms with van der Waals surface area (Å²) >= 11 is 0. The van der Waals surface area contributed by atoms with Crippen LogP contribution in [-0.2, 0) is 4.79 Å². The zero-order valence-electron chi connectivity index (χ0n) is 12.2. The van der Waals surface area contributed by atoms with E-state index < -0.39 is 0 Å². The van der Waals surface area contributed by atoms with Gasteiger partial charge in [0.25, 0.3) is 0 Å². The third-order valence-electron chi connectivity index (χ3n) is 7.12. The summed E-state index contributed by atoms with van der Waals surface area (Å²) in [6.07, 6.45) is 9.31. The first-order valence-corrected chi connectivity index (χ1v) is 8.71. The maximum atomic E-state index is 12.5. The van der Waals surface area contributed by atoms with Gasteiger partial charge in [0.05, 0.1) is 0 Å². The van der Waals surface area contributed by atoms with Crippen LogP contribution in [0.4, 0.5) is 0 Å². The van der Waals surface area contributed by atoms with E-state index in [2.05, 4.69) is 10.6 Å². The summed E-state index contributed by atoms with van der Waals surface area (Å²) in [5, 5.41) is 6.75. The minimum absolute atomic E-state index is 0.367. The Kier molecular flexibility index (Phi) is 2.40. The molecule has 0 aromatic rings. The molecule has 1 amide bonds. The highest BCUT2D eigenvalue weighted by Crippen LogP contribution is 2.61. The van der Waals surface area contributed by atoms with Crippen molar-refractivity contribution < 1.29 is 4.79 Å². The van der Waals surface area contributed by atoms with Gasteiger partial charge < -0.3 is 10.6 Å². The molecule has 2 N–H and O–H groups in total. The molecule has 1 aliphatic heterocycles. The molecule has 0 spiro atoms. The van der Waals surface area contributed by atoms with Gasteiger partial charge in [-0.3, -0.25) is 4.79 Å². The van der Waals surface area contributed by atoms with E-state index in [0.29, 0.717) is 17.4 Å². The highest BCUT2D eigenvalue weighted by Gasteiger charge is 2.55. The van der Waals surface area contributed by atoms with E-state index in [-0.39, 0.29) is 0 Å². The van der Waals surface area contributed by atoms with E-state index in [9.17, 15) is 4.79 Å². The van der Waals surface area contributed by atoms with E-state index in [0.717, 1.165) is 49.1 Å². The van der Waals surface area contributed by atoms with Crippen LogP contribution in [0.25, 0.3) is 0 Å². The second-order valence-corrected chi connectivity index (χ2v) is 8.67. The van der Waals surface area contributed by atoms with Gasteiger partial charge >= 0.3 is 0 Å². The molecule has 1 heterocycles. The van der Waals surface area contributed by atoms with Crippen molar-refractivity contribution in [3.05, 3.63) is 0 Å². The molecule has 6 fully saturated rings. The Bertz CT molecular complexity index is 401. The molecule has 0 aromatic heterocycles. The van der Waals surface area contributed by atoms with Gasteiger partial charge in [-0.2, -0.15) is 0 Å². The lowest BCUT2D eigenvalue weighted by atomic mass is 9.49. The average molecular weight is 274 g/mol. The van der Waals surface area contributed by atoms with Crippen molar-refractivity contribution in [2.45, 2.75) is 51.0 Å². The summed E-state index contributed by atoms with van der Waals surface area (Å²) in [6.45, 7) is 2.24. The van der Waals surface area contributed by atoms with Crippen LogP contribution in [0.2, 0.25) is 0 Å². The standard InChI is InChI=1S/C17H26N2O/c20-15(19-16-13-8-18-9-14(13)16)7-17-4-10-1-11(5-17)3-12(2-10)6-17/h10-14,16,18H,1-9H2,(H,19,20). The zero-order valence-corrected chi connectivity index (χ0v) is 12.2. The fourth-order valence-electron chi connectivity index (χ4n) is 6.72. The Morgan fingerprint density at radius 1 is 1.00 bits per heavy atom. The van der Waals surface area contributed by atoms with E-state index in [1.165, 1.54) is 38.5 Å². The van der Waals surface area contributed by atoms with Gasteiger partial charge in [-0.15, -0.1) is 0 Å². The second-order valence-electron chi connectivity index (χ2n) is 8.67. The topological polar surface area (TPSA) is 41.1 Å². The minimum Gasteiger partial charge on any atom is -0.353 e. The van der Waals surface area contributed by atoms with E-state index in [1.807, 2.05) is 0 Å². The molecule has 0 aromatic carbocycles. The summed E-state index contributed by atoms with van der Waals surface area (Å²) in [5.74, 6) is 4.73. The van der Waals surface area contributed by atoms with Gasteiger partial charge in [0.15, 0.2) is 0 Å². The molecule has 4 bridgehead atoms. The Morgan fingerprint density at radius 3 is 2.10 bits per heavy atom. The summed E-state index contributed by atoms with van der Waals surface area (Å²) in [7, 11) is 0. The SMILES string of the molecule is O=C(CC12CC3CC(CC(C3)C1)C2)NC1C2CNCC21. The molecular weight excluding hydrogens is 248 g/mol. The second kappa shape index (κ2) is 4.00. The fraction of sp³-hybridized carbons (Fsp3) is 0.941. The van der Waals surface area contributed by atoms with Gasteiger partial charge in [-0.05, 0) is 73.5 Å². The Labute approximate surface area is 121 Å². The molecule has 3 nitrogen and oxygen atoms in total. The molecule has 20 heavy (non-hydrogen) atoms. The normalized spacial score (nSPS) is 54.8. The maximum Gasteiger partial charge on any atom is 0.220 e. The molecule has 3 heteroatoms. The lowest BCUT2D eigenvalue weighted by Gasteiger charge is -2.56. The Hall–Kier alpha value is -0.570. The molecule has 2 unspecified atom stereocenters. The summed E-state index contributed by atoms with van der Waals surface area (Å²) in [5.41, 5.74) is 0.404. The number of amides is 1. The third-order valence-corrected chi connectivity index (χ3v) is 7.12. The van der Waals surface area contributed by atoms with E-state index >= 15 is 0 Å². The van der Waals surface area contributed by atoms with E-state index in [4.69, 9.17) is 0 Å². The Morgan fingerprint density at radius 2 is 1.55 bits per heavy atom. The minimum atomic E-state index is 0.367. The molecule has 1 saturated heterocycles. The van der Waals surface area contributed by atoms with Crippen LogP contribution in [0.1, 0.15) is 44.9 Å². The van der Waals surface area contributed by atoms with Crippen LogP contribution in [0.5, 0.6) is 0 Å². The number of piperidine rings is 1. The van der Waals surface area contributed by atoms with Crippen LogP contribution in [0.15, 0.2) is 0 Å². The van der Waals surface area contributed by atoms with Crippen LogP contribution >= 0.6 is 0 Å². The first-order chi connectivity index (χ1) is 9.71. The first-order valence-electron chi connectivity index (χ1n) is 8.71. The highest BCUT2D eigenvalue weighted by molar-refractivity contribution is 5.77. The van der Waals surface area contributed by atoms with Crippen molar-refractivity contribution in [2.75, 3.05) is 13.1 Å². The quantitative estimate of drug-likeness (QED) is 0.825. The average Bonchev–Trinajstić information content (AvgIpc) is 2.81. The van der Waals surface area contributed by atoms with Crippen LogP contribution < -0.4 is 10.6 Å². The molecule has 6 rings (SSSR count). The van der Waals surface area contributed by atoms with Crippen LogP contribution in [0, 0.1) is 35.0 Å². The van der Waals surface area contributed by atoms with Crippen molar-refractivity contribution in [1.82, 2.24) is 10.6 Å². The van der Waals surface area contributed by atoms with Crippen molar-refractivity contribution in [1.29, 1.82) is 0 Å². The van der Waals surface area contributed by atoms with E-state index in [1.54, 1.807) is 0 Å². The molecule has 0 radical (unpaired) electrons. The van der Waals surface area contributed by atoms with Crippen molar-refractivity contribution >= 4 is 5.91 Å². The van der Waals surface area contributed by atoms with Gasteiger partial charge in [0, 0.05) is 25.6 Å². The van der Waals surface area contributed by atoms with Crippen molar-refractivity contribution in [2.24, 2.45) is 35.0 Å². The molecule has 5 aliphatic carbocycles. The number of carbonyl (C=O) groups is 1. The van der Waals surface area contributed by atoms with Crippen molar-refractivity contribution in [3.8, 4) is 0 Å². The maximum absolute atomic E-state index is 12.5. The van der Waals surface area contributed by atoms with Gasteiger partial charge in [0.1, 0.15) is 0 Å². The summed E-state index contributed by atoms with van der Waals surface area (Å²) in [4.78, 5) is 12.5. The lowest BCUT2D eigenvalue weighted by molar-refractivity contribution is -0.129. The number of rotatable bonds is 3. The first kappa shape index (κ1) is 12.0. The Balaban J connectivity index is 1.24. The van der Waals surface area contributed by atoms with Gasteiger partial charge in [-0.25, -0.2) is 0 Å². The predicted octanol–water partition coefficient (Wildman–Crippen LogP) is 1.93. The fourth-order valence-corrected chi connectivity index (χ4v) is 6.72. The van der Waals surface area contributed by atoms with Crippen molar-refractivity contribution in [3.63, 3.8) is 0 Å². The number of fused-ring (bicyclic) bond motifs is 1. The molecular formula is C17H26N2O. The third kappa shape index (κ3) is 1.78. The highest BCUT2D eigenvalue weighted by atomic mass is 16.1. The monoisotopic (exact) mass is 274 g/mol.